The summed E-state index contributed by atoms with van der Waals surface area (Å²) in [5.74, 6) is 0. The SMILES string of the molecule is CC(C)(O)CNC1CCN(C(=O)OC(C)(C)C)C1. The van der Waals surface area contributed by atoms with Crippen LogP contribution in [-0.4, -0.2) is 53.0 Å². The van der Waals surface area contributed by atoms with Crippen LogP contribution in [-0.2, 0) is 4.74 Å². The third kappa shape index (κ3) is 5.69. The van der Waals surface area contributed by atoms with Gasteiger partial charge in [0.15, 0.2) is 0 Å². The standard InChI is InChI=1S/C13H26N2O3/c1-12(2,3)18-11(16)15-7-6-10(8-15)14-9-13(4,5)17/h10,14,17H,6-9H2,1-5H3. The van der Waals surface area contributed by atoms with Crippen LogP contribution >= 0.6 is 0 Å². The third-order valence-electron chi connectivity index (χ3n) is 2.66. The molecule has 0 aromatic heterocycles. The van der Waals surface area contributed by atoms with Crippen molar-refractivity contribution in [3.63, 3.8) is 0 Å². The van der Waals surface area contributed by atoms with Crippen molar-refractivity contribution in [1.29, 1.82) is 0 Å². The van der Waals surface area contributed by atoms with Gasteiger partial charge in [-0.1, -0.05) is 0 Å². The summed E-state index contributed by atoms with van der Waals surface area (Å²) >= 11 is 0. The maximum absolute atomic E-state index is 11.8. The molecule has 0 aromatic carbocycles. The predicted octanol–water partition coefficient (Wildman–Crippen LogP) is 1.36. The molecule has 1 atom stereocenters. The highest BCUT2D eigenvalue weighted by Gasteiger charge is 2.30. The van der Waals surface area contributed by atoms with Gasteiger partial charge in [-0.15, -0.1) is 0 Å². The van der Waals surface area contributed by atoms with Gasteiger partial charge < -0.3 is 20.1 Å². The van der Waals surface area contributed by atoms with Gasteiger partial charge in [-0.05, 0) is 41.0 Å². The first-order chi connectivity index (χ1) is 8.07. The fourth-order valence-electron chi connectivity index (χ4n) is 1.81. The summed E-state index contributed by atoms with van der Waals surface area (Å²) in [5.41, 5.74) is -1.17. The molecule has 0 radical (unpaired) electrons. The van der Waals surface area contributed by atoms with Crippen molar-refractivity contribution in [3.05, 3.63) is 0 Å². The van der Waals surface area contributed by atoms with E-state index in [2.05, 4.69) is 5.32 Å². The average molecular weight is 258 g/mol. The Morgan fingerprint density at radius 1 is 1.39 bits per heavy atom. The lowest BCUT2D eigenvalue weighted by Gasteiger charge is -2.25. The zero-order chi connectivity index (χ0) is 14.0. The molecule has 0 spiro atoms. The Balaban J connectivity index is 2.35. The lowest BCUT2D eigenvalue weighted by molar-refractivity contribution is 0.0289. The van der Waals surface area contributed by atoms with Gasteiger partial charge in [0.25, 0.3) is 0 Å². The maximum atomic E-state index is 11.8. The summed E-state index contributed by atoms with van der Waals surface area (Å²) < 4.78 is 5.33. The van der Waals surface area contributed by atoms with Crippen LogP contribution in [0.4, 0.5) is 4.79 Å². The van der Waals surface area contributed by atoms with Gasteiger partial charge in [-0.25, -0.2) is 4.79 Å². The van der Waals surface area contributed by atoms with Crippen molar-refractivity contribution in [2.24, 2.45) is 0 Å². The summed E-state index contributed by atoms with van der Waals surface area (Å²) in [6.07, 6.45) is 0.644. The quantitative estimate of drug-likeness (QED) is 0.802. The van der Waals surface area contributed by atoms with E-state index in [-0.39, 0.29) is 12.1 Å². The molecule has 2 N–H and O–H groups in total. The summed E-state index contributed by atoms with van der Waals surface area (Å²) in [6.45, 7) is 11.0. The number of nitrogens with zero attached hydrogens (tertiary/aromatic N) is 1. The molecular weight excluding hydrogens is 232 g/mol. The van der Waals surface area contributed by atoms with Crippen molar-refractivity contribution in [2.45, 2.75) is 58.3 Å². The lowest BCUT2D eigenvalue weighted by Crippen LogP contribution is -2.43. The van der Waals surface area contributed by atoms with Gasteiger partial charge in [-0.3, -0.25) is 0 Å². The molecule has 18 heavy (non-hydrogen) atoms. The number of aliphatic hydroxyl groups is 1. The Labute approximate surface area is 109 Å². The molecule has 1 heterocycles. The van der Waals surface area contributed by atoms with E-state index in [1.807, 2.05) is 20.8 Å². The zero-order valence-corrected chi connectivity index (χ0v) is 12.1. The van der Waals surface area contributed by atoms with E-state index in [0.717, 1.165) is 6.42 Å². The minimum Gasteiger partial charge on any atom is -0.444 e. The highest BCUT2D eigenvalue weighted by Crippen LogP contribution is 2.15. The van der Waals surface area contributed by atoms with Crippen molar-refractivity contribution in [1.82, 2.24) is 10.2 Å². The van der Waals surface area contributed by atoms with Crippen molar-refractivity contribution in [2.75, 3.05) is 19.6 Å². The van der Waals surface area contributed by atoms with Gasteiger partial charge >= 0.3 is 6.09 Å². The average Bonchev–Trinajstić information content (AvgIpc) is 2.58. The largest absolute Gasteiger partial charge is 0.444 e. The van der Waals surface area contributed by atoms with Crippen molar-refractivity contribution < 1.29 is 14.6 Å². The first kappa shape index (κ1) is 15.2. The second-order valence-electron chi connectivity index (χ2n) is 6.61. The number of carbonyl (C=O) groups excluding carboxylic acids is 1. The van der Waals surface area contributed by atoms with Gasteiger partial charge in [0.05, 0.1) is 5.60 Å². The van der Waals surface area contributed by atoms with Gasteiger partial charge in [0, 0.05) is 25.7 Å². The Hall–Kier alpha value is -0.810. The highest BCUT2D eigenvalue weighted by atomic mass is 16.6. The number of carbonyl (C=O) groups is 1. The molecule has 106 valence electrons. The molecule has 1 aliphatic rings. The number of hydrogen-bond acceptors (Lipinski definition) is 4. The number of rotatable bonds is 3. The molecule has 5 nitrogen and oxygen atoms in total. The molecule has 1 saturated heterocycles. The van der Waals surface area contributed by atoms with Crippen LogP contribution in [0, 0.1) is 0 Å². The molecule has 0 saturated carbocycles. The second-order valence-corrected chi connectivity index (χ2v) is 6.61. The summed E-state index contributed by atoms with van der Waals surface area (Å²) in [6, 6.07) is 0.240. The maximum Gasteiger partial charge on any atom is 0.410 e. The van der Waals surface area contributed by atoms with Crippen LogP contribution in [0.3, 0.4) is 0 Å². The lowest BCUT2D eigenvalue weighted by atomic mass is 10.1. The monoisotopic (exact) mass is 258 g/mol. The predicted molar refractivity (Wildman–Crippen MR) is 70.5 cm³/mol. The van der Waals surface area contributed by atoms with Crippen LogP contribution in [0.25, 0.3) is 0 Å². The highest BCUT2D eigenvalue weighted by molar-refractivity contribution is 5.68. The Kier molecular flexibility index (Phi) is 4.61. The number of amides is 1. The first-order valence-corrected chi connectivity index (χ1v) is 6.50. The van der Waals surface area contributed by atoms with Crippen LogP contribution in [0.15, 0.2) is 0 Å². The normalized spacial score (nSPS) is 21.2. The molecule has 0 aromatic rings. The molecule has 1 rings (SSSR count). The van der Waals surface area contributed by atoms with Gasteiger partial charge in [-0.2, -0.15) is 0 Å². The van der Waals surface area contributed by atoms with Gasteiger partial charge in [0.2, 0.25) is 0 Å². The molecule has 0 aliphatic carbocycles. The first-order valence-electron chi connectivity index (χ1n) is 6.50. The molecule has 1 aliphatic heterocycles. The van der Waals surface area contributed by atoms with Crippen molar-refractivity contribution >= 4 is 6.09 Å². The molecule has 1 unspecified atom stereocenters. The molecular formula is C13H26N2O3. The van der Waals surface area contributed by atoms with E-state index in [1.165, 1.54) is 0 Å². The van der Waals surface area contributed by atoms with E-state index in [1.54, 1.807) is 18.7 Å². The Morgan fingerprint density at radius 2 is 2.00 bits per heavy atom. The van der Waals surface area contributed by atoms with E-state index in [0.29, 0.717) is 19.6 Å². The summed E-state index contributed by atoms with van der Waals surface area (Å²) in [4.78, 5) is 13.5. The smallest absolute Gasteiger partial charge is 0.410 e. The fraction of sp³-hybridized carbons (Fsp3) is 0.923. The number of ether oxygens (including phenoxy) is 1. The third-order valence-corrected chi connectivity index (χ3v) is 2.66. The van der Waals surface area contributed by atoms with Gasteiger partial charge in [0.1, 0.15) is 5.60 Å². The Bertz CT molecular complexity index is 292. The van der Waals surface area contributed by atoms with E-state index >= 15 is 0 Å². The minimum absolute atomic E-state index is 0.240. The Morgan fingerprint density at radius 3 is 2.50 bits per heavy atom. The summed E-state index contributed by atoms with van der Waals surface area (Å²) in [5, 5.41) is 12.9. The second kappa shape index (κ2) is 5.45. The fourth-order valence-corrected chi connectivity index (χ4v) is 1.81. The van der Waals surface area contributed by atoms with Crippen LogP contribution in [0.1, 0.15) is 41.0 Å². The zero-order valence-electron chi connectivity index (χ0n) is 12.1. The van der Waals surface area contributed by atoms with E-state index < -0.39 is 11.2 Å². The number of hydrogen-bond donors (Lipinski definition) is 2. The van der Waals surface area contributed by atoms with E-state index in [4.69, 9.17) is 4.74 Å². The molecule has 1 amide bonds. The summed E-state index contributed by atoms with van der Waals surface area (Å²) in [7, 11) is 0. The number of likely N-dealkylation sites (tertiary alicyclic amines) is 1. The molecule has 0 bridgehead atoms. The van der Waals surface area contributed by atoms with E-state index in [9.17, 15) is 9.90 Å². The van der Waals surface area contributed by atoms with Crippen LogP contribution in [0.5, 0.6) is 0 Å². The molecule has 5 heteroatoms. The minimum atomic E-state index is -0.723. The van der Waals surface area contributed by atoms with Crippen LogP contribution in [0.2, 0.25) is 0 Å². The van der Waals surface area contributed by atoms with Crippen molar-refractivity contribution in [3.8, 4) is 0 Å². The topological polar surface area (TPSA) is 61.8 Å². The van der Waals surface area contributed by atoms with Crippen LogP contribution < -0.4 is 5.32 Å². The molecule has 1 fully saturated rings. The number of nitrogens with one attached hydrogen (secondary N) is 1.